The molecule has 1 amide bonds. The Morgan fingerprint density at radius 2 is 2.21 bits per heavy atom. The zero-order valence-electron chi connectivity index (χ0n) is 11.2. The van der Waals surface area contributed by atoms with Gasteiger partial charge in [-0.2, -0.15) is 0 Å². The number of carbonyl (C=O) groups excluding carboxylic acids is 2. The van der Waals surface area contributed by atoms with Crippen molar-refractivity contribution in [2.75, 3.05) is 18.2 Å². The van der Waals surface area contributed by atoms with Gasteiger partial charge in [-0.1, -0.05) is 13.8 Å². The van der Waals surface area contributed by atoms with Gasteiger partial charge in [0.05, 0.1) is 12.2 Å². The van der Waals surface area contributed by atoms with Crippen LogP contribution in [0.5, 0.6) is 0 Å². The Bertz CT molecular complexity index is 513. The maximum atomic E-state index is 11.9. The van der Waals surface area contributed by atoms with Gasteiger partial charge in [-0.3, -0.25) is 4.79 Å². The van der Waals surface area contributed by atoms with Gasteiger partial charge in [-0.15, -0.1) is 11.8 Å². The topological polar surface area (TPSA) is 55.4 Å². The molecule has 0 fully saturated rings. The Labute approximate surface area is 116 Å². The lowest BCUT2D eigenvalue weighted by Gasteiger charge is -2.09. The molecule has 0 aliphatic carbocycles. The van der Waals surface area contributed by atoms with E-state index in [1.807, 2.05) is 20.1 Å². The van der Waals surface area contributed by atoms with Gasteiger partial charge in [0, 0.05) is 5.69 Å². The van der Waals surface area contributed by atoms with E-state index in [2.05, 4.69) is 5.32 Å². The summed E-state index contributed by atoms with van der Waals surface area (Å²) in [6.45, 7) is 4.38. The highest BCUT2D eigenvalue weighted by Crippen LogP contribution is 2.39. The van der Waals surface area contributed by atoms with Crippen molar-refractivity contribution in [3.63, 3.8) is 0 Å². The summed E-state index contributed by atoms with van der Waals surface area (Å²) in [5.41, 5.74) is 2.14. The molecule has 1 aliphatic heterocycles. The Morgan fingerprint density at radius 3 is 2.84 bits per heavy atom. The van der Waals surface area contributed by atoms with Crippen molar-refractivity contribution in [2.24, 2.45) is 5.92 Å². The maximum Gasteiger partial charge on any atom is 0.338 e. The van der Waals surface area contributed by atoms with Gasteiger partial charge in [0.2, 0.25) is 5.91 Å². The molecule has 1 atom stereocenters. The van der Waals surface area contributed by atoms with E-state index < -0.39 is 0 Å². The monoisotopic (exact) mass is 279 g/mol. The molecule has 5 heteroatoms. The number of nitrogens with one attached hydrogen (secondary N) is 1. The molecule has 4 nitrogen and oxygen atoms in total. The van der Waals surface area contributed by atoms with Gasteiger partial charge in [0.25, 0.3) is 0 Å². The molecule has 0 aromatic heterocycles. The molecule has 19 heavy (non-hydrogen) atoms. The van der Waals surface area contributed by atoms with Crippen molar-refractivity contribution < 1.29 is 14.3 Å². The number of hydrogen-bond donors (Lipinski definition) is 1. The molecule has 1 N–H and O–H groups in total. The van der Waals surface area contributed by atoms with Crippen LogP contribution >= 0.6 is 11.8 Å². The summed E-state index contributed by atoms with van der Waals surface area (Å²) >= 11 is 1.46. The molecular weight excluding hydrogens is 262 g/mol. The first-order valence-corrected chi connectivity index (χ1v) is 7.46. The Morgan fingerprint density at radius 1 is 1.47 bits per heavy atom. The number of rotatable bonds is 4. The molecule has 0 saturated carbocycles. The van der Waals surface area contributed by atoms with Crippen molar-refractivity contribution in [3.05, 3.63) is 29.3 Å². The fourth-order valence-corrected chi connectivity index (χ4v) is 2.64. The van der Waals surface area contributed by atoms with E-state index in [0.717, 1.165) is 11.3 Å². The number of hydrogen-bond acceptors (Lipinski definition) is 4. The van der Waals surface area contributed by atoms with Crippen LogP contribution in [-0.2, 0) is 9.53 Å². The minimum atomic E-state index is -0.337. The molecule has 0 spiro atoms. The zero-order valence-corrected chi connectivity index (χ0v) is 12.0. The van der Waals surface area contributed by atoms with Gasteiger partial charge in [-0.25, -0.2) is 4.79 Å². The number of thioether (sulfide) groups is 1. The zero-order chi connectivity index (χ0) is 14.0. The molecule has 1 aromatic rings. The van der Waals surface area contributed by atoms with Crippen LogP contribution in [0.1, 0.15) is 35.0 Å². The van der Waals surface area contributed by atoms with Crippen LogP contribution in [0.15, 0.2) is 18.2 Å². The molecule has 0 radical (unpaired) electrons. The van der Waals surface area contributed by atoms with Crippen molar-refractivity contribution in [1.82, 2.24) is 0 Å². The first kappa shape index (κ1) is 13.9. The Hall–Kier alpha value is -1.49. The van der Waals surface area contributed by atoms with Gasteiger partial charge in [0.15, 0.2) is 0 Å². The number of esters is 1. The van der Waals surface area contributed by atoms with Crippen LogP contribution < -0.4 is 5.32 Å². The molecule has 1 heterocycles. The van der Waals surface area contributed by atoms with Crippen molar-refractivity contribution >= 4 is 29.3 Å². The third-order valence-electron chi connectivity index (χ3n) is 2.85. The minimum Gasteiger partial charge on any atom is -0.462 e. The lowest BCUT2D eigenvalue weighted by atomic mass is 10.1. The van der Waals surface area contributed by atoms with E-state index in [1.54, 1.807) is 18.2 Å². The van der Waals surface area contributed by atoms with E-state index >= 15 is 0 Å². The van der Waals surface area contributed by atoms with Gasteiger partial charge < -0.3 is 10.1 Å². The van der Waals surface area contributed by atoms with Crippen molar-refractivity contribution in [2.45, 2.75) is 19.1 Å². The standard InChI is InChI=1S/C14H17NO3S/c1-8(2)7-18-14(17)9-4-5-11-10(6-9)12(19-3)13(16)15-11/h4-6,8,12H,7H2,1-3H3,(H,15,16). The average Bonchev–Trinajstić information content (AvgIpc) is 2.70. The normalized spacial score (nSPS) is 17.3. The number of amides is 1. The fraction of sp³-hybridized carbons (Fsp3) is 0.429. The fourth-order valence-electron chi connectivity index (χ4n) is 1.92. The third kappa shape index (κ3) is 2.92. The number of ether oxygens (including phenoxy) is 1. The van der Waals surface area contributed by atoms with Crippen molar-refractivity contribution in [3.8, 4) is 0 Å². The van der Waals surface area contributed by atoms with Gasteiger partial charge in [-0.05, 0) is 35.9 Å². The van der Waals surface area contributed by atoms with E-state index in [-0.39, 0.29) is 17.1 Å². The lowest BCUT2D eigenvalue weighted by molar-refractivity contribution is -0.115. The van der Waals surface area contributed by atoms with E-state index in [1.165, 1.54) is 11.8 Å². The minimum absolute atomic E-state index is 0.0322. The molecule has 102 valence electrons. The Kier molecular flexibility index (Phi) is 4.14. The maximum absolute atomic E-state index is 11.9. The van der Waals surface area contributed by atoms with Gasteiger partial charge >= 0.3 is 5.97 Å². The molecular formula is C14H17NO3S. The molecule has 1 aromatic carbocycles. The summed E-state index contributed by atoms with van der Waals surface area (Å²) in [7, 11) is 0. The highest BCUT2D eigenvalue weighted by atomic mass is 32.2. The van der Waals surface area contributed by atoms with Crippen LogP contribution in [0.25, 0.3) is 0 Å². The summed E-state index contributed by atoms with van der Waals surface area (Å²) in [6, 6.07) is 5.19. The predicted octanol–water partition coefficient (Wildman–Crippen LogP) is 2.86. The van der Waals surface area contributed by atoms with Crippen LogP contribution in [-0.4, -0.2) is 24.7 Å². The van der Waals surface area contributed by atoms with Crippen LogP contribution in [0.4, 0.5) is 5.69 Å². The SMILES string of the molecule is CSC1C(=O)Nc2ccc(C(=O)OCC(C)C)cc21. The second-order valence-electron chi connectivity index (χ2n) is 4.90. The first-order valence-electron chi connectivity index (χ1n) is 6.17. The quantitative estimate of drug-likeness (QED) is 0.861. The number of anilines is 1. The smallest absolute Gasteiger partial charge is 0.338 e. The summed E-state index contributed by atoms with van der Waals surface area (Å²) in [4.78, 5) is 23.6. The van der Waals surface area contributed by atoms with E-state index in [9.17, 15) is 9.59 Å². The van der Waals surface area contributed by atoms with E-state index in [4.69, 9.17) is 4.74 Å². The second kappa shape index (κ2) is 5.65. The second-order valence-corrected chi connectivity index (χ2v) is 5.84. The molecule has 0 saturated heterocycles. The highest BCUT2D eigenvalue weighted by molar-refractivity contribution is 7.99. The van der Waals surface area contributed by atoms with Crippen LogP contribution in [0, 0.1) is 5.92 Å². The number of benzene rings is 1. The summed E-state index contributed by atoms with van der Waals surface area (Å²) in [5, 5.41) is 2.56. The first-order chi connectivity index (χ1) is 9.02. The largest absolute Gasteiger partial charge is 0.462 e. The number of carbonyl (C=O) groups is 2. The lowest BCUT2D eigenvalue weighted by Crippen LogP contribution is -2.10. The van der Waals surface area contributed by atoms with Crippen LogP contribution in [0.3, 0.4) is 0 Å². The third-order valence-corrected chi connectivity index (χ3v) is 3.79. The highest BCUT2D eigenvalue weighted by Gasteiger charge is 2.30. The summed E-state index contributed by atoms with van der Waals surface area (Å²) in [6.07, 6.45) is 1.88. The average molecular weight is 279 g/mol. The van der Waals surface area contributed by atoms with Gasteiger partial charge in [0.1, 0.15) is 5.25 Å². The number of fused-ring (bicyclic) bond motifs is 1. The summed E-state index contributed by atoms with van der Waals surface area (Å²) < 4.78 is 5.19. The molecule has 2 rings (SSSR count). The summed E-state index contributed by atoms with van der Waals surface area (Å²) in [5.74, 6) is -0.0635. The Balaban J connectivity index is 2.20. The molecule has 1 unspecified atom stereocenters. The van der Waals surface area contributed by atoms with Crippen LogP contribution in [0.2, 0.25) is 0 Å². The molecule has 0 bridgehead atoms. The van der Waals surface area contributed by atoms with Crippen molar-refractivity contribution in [1.29, 1.82) is 0 Å². The molecule has 1 aliphatic rings. The van der Waals surface area contributed by atoms with E-state index in [0.29, 0.717) is 18.1 Å². The predicted molar refractivity (Wildman–Crippen MR) is 76.4 cm³/mol.